The van der Waals surface area contributed by atoms with Crippen LogP contribution in [0, 0.1) is 11.7 Å². The fourth-order valence-electron chi connectivity index (χ4n) is 3.36. The van der Waals surface area contributed by atoms with E-state index in [-0.39, 0.29) is 29.6 Å². The number of rotatable bonds is 6. The van der Waals surface area contributed by atoms with Crippen LogP contribution in [0.3, 0.4) is 0 Å². The summed E-state index contributed by atoms with van der Waals surface area (Å²) >= 11 is 3.32. The van der Waals surface area contributed by atoms with Gasteiger partial charge in [-0.3, -0.25) is 14.5 Å². The van der Waals surface area contributed by atoms with Crippen LogP contribution in [0.2, 0.25) is 0 Å². The lowest BCUT2D eigenvalue weighted by atomic mass is 9.96. The molecule has 1 aromatic heterocycles. The van der Waals surface area contributed by atoms with E-state index >= 15 is 0 Å². The highest BCUT2D eigenvalue weighted by Crippen LogP contribution is 2.21. The van der Waals surface area contributed by atoms with Gasteiger partial charge in [-0.25, -0.2) is 9.37 Å². The molecule has 2 atom stereocenters. The van der Waals surface area contributed by atoms with Gasteiger partial charge in [0.25, 0.3) is 0 Å². The Morgan fingerprint density at radius 3 is 2.72 bits per heavy atom. The van der Waals surface area contributed by atoms with E-state index in [2.05, 4.69) is 31.5 Å². The molecule has 0 radical (unpaired) electrons. The number of aromatic nitrogens is 1. The fraction of sp³-hybridized carbons (Fsp3) is 0.381. The van der Waals surface area contributed by atoms with Crippen LogP contribution < -0.4 is 10.6 Å². The zero-order chi connectivity index (χ0) is 20.8. The van der Waals surface area contributed by atoms with E-state index in [9.17, 15) is 14.0 Å². The van der Waals surface area contributed by atoms with Crippen molar-refractivity contribution in [2.24, 2.45) is 5.92 Å². The summed E-state index contributed by atoms with van der Waals surface area (Å²) in [5, 5.41) is 5.74. The van der Waals surface area contributed by atoms with Crippen molar-refractivity contribution in [1.82, 2.24) is 15.2 Å². The van der Waals surface area contributed by atoms with Gasteiger partial charge >= 0.3 is 0 Å². The third-order valence-corrected chi connectivity index (χ3v) is 5.58. The minimum absolute atomic E-state index is 0.0801. The van der Waals surface area contributed by atoms with E-state index in [0.717, 1.165) is 29.4 Å². The summed E-state index contributed by atoms with van der Waals surface area (Å²) in [6.45, 7) is 3.48. The summed E-state index contributed by atoms with van der Waals surface area (Å²) in [6.07, 6.45) is 3.26. The van der Waals surface area contributed by atoms with E-state index in [1.807, 2.05) is 17.9 Å². The van der Waals surface area contributed by atoms with Gasteiger partial charge in [-0.1, -0.05) is 12.1 Å². The number of anilines is 1. The minimum Gasteiger partial charge on any atom is -0.351 e. The highest BCUT2D eigenvalue weighted by Gasteiger charge is 2.31. The Morgan fingerprint density at radius 2 is 2.03 bits per heavy atom. The van der Waals surface area contributed by atoms with Gasteiger partial charge in [0.2, 0.25) is 11.8 Å². The standard InChI is InChI=1S/C21H24BrFN4O2/c1-14(20(28)25-11-15-4-7-18(23)8-5-15)27-10-2-3-16(13-27)21(29)26-19-9-6-17(22)12-24-19/h4-9,12,14,16H,2-3,10-11,13H2,1H3,(H,25,28)(H,24,26,29). The molecule has 154 valence electrons. The first-order valence-corrected chi connectivity index (χ1v) is 10.4. The lowest BCUT2D eigenvalue weighted by Crippen LogP contribution is -2.50. The van der Waals surface area contributed by atoms with Crippen LogP contribution in [0.1, 0.15) is 25.3 Å². The first-order chi connectivity index (χ1) is 13.9. The Hall–Kier alpha value is -2.32. The second-order valence-corrected chi connectivity index (χ2v) is 8.12. The Morgan fingerprint density at radius 1 is 1.28 bits per heavy atom. The molecular weight excluding hydrogens is 439 g/mol. The van der Waals surface area contributed by atoms with Crippen molar-refractivity contribution in [2.45, 2.75) is 32.4 Å². The van der Waals surface area contributed by atoms with E-state index in [0.29, 0.717) is 18.9 Å². The van der Waals surface area contributed by atoms with Gasteiger partial charge in [-0.15, -0.1) is 0 Å². The van der Waals surface area contributed by atoms with E-state index in [1.165, 1.54) is 12.1 Å². The quantitative estimate of drug-likeness (QED) is 0.690. The van der Waals surface area contributed by atoms with Crippen LogP contribution in [0.25, 0.3) is 0 Å². The molecular formula is C21H24BrFN4O2. The summed E-state index contributed by atoms with van der Waals surface area (Å²) in [5.41, 5.74) is 0.838. The van der Waals surface area contributed by atoms with Gasteiger partial charge in [-0.2, -0.15) is 0 Å². The number of hydrogen-bond acceptors (Lipinski definition) is 4. The molecule has 8 heteroatoms. The number of likely N-dealkylation sites (tertiary alicyclic amines) is 1. The zero-order valence-electron chi connectivity index (χ0n) is 16.2. The Bertz CT molecular complexity index is 845. The first kappa shape index (κ1) is 21.4. The maximum Gasteiger partial charge on any atom is 0.237 e. The third-order valence-electron chi connectivity index (χ3n) is 5.11. The predicted octanol–water partition coefficient (Wildman–Crippen LogP) is 3.34. The number of amides is 2. The molecule has 1 aliphatic rings. The number of nitrogens with zero attached hydrogens (tertiary/aromatic N) is 2. The number of carbonyl (C=O) groups excluding carboxylic acids is 2. The van der Waals surface area contributed by atoms with Crippen LogP contribution in [0.15, 0.2) is 47.1 Å². The molecule has 1 aromatic carbocycles. The Kier molecular flexibility index (Phi) is 7.33. The molecule has 1 aliphatic heterocycles. The molecule has 2 amide bonds. The molecule has 2 N–H and O–H groups in total. The van der Waals surface area contributed by atoms with E-state index in [1.54, 1.807) is 24.4 Å². The number of hydrogen-bond donors (Lipinski definition) is 2. The molecule has 2 aromatic rings. The monoisotopic (exact) mass is 462 g/mol. The largest absolute Gasteiger partial charge is 0.351 e. The molecule has 1 fully saturated rings. The molecule has 2 unspecified atom stereocenters. The van der Waals surface area contributed by atoms with Crippen molar-refractivity contribution >= 4 is 33.6 Å². The molecule has 2 heterocycles. The highest BCUT2D eigenvalue weighted by atomic mass is 79.9. The van der Waals surface area contributed by atoms with Crippen LogP contribution in [0.4, 0.5) is 10.2 Å². The average Bonchev–Trinajstić information content (AvgIpc) is 2.74. The molecule has 1 saturated heterocycles. The van der Waals surface area contributed by atoms with E-state index in [4.69, 9.17) is 0 Å². The lowest BCUT2D eigenvalue weighted by molar-refractivity contribution is -0.129. The smallest absolute Gasteiger partial charge is 0.237 e. The van der Waals surface area contributed by atoms with Crippen molar-refractivity contribution in [3.05, 3.63) is 58.4 Å². The van der Waals surface area contributed by atoms with Crippen molar-refractivity contribution < 1.29 is 14.0 Å². The van der Waals surface area contributed by atoms with Gasteiger partial charge in [0.1, 0.15) is 11.6 Å². The molecule has 0 bridgehead atoms. The predicted molar refractivity (Wildman–Crippen MR) is 113 cm³/mol. The molecule has 0 aliphatic carbocycles. The molecule has 3 rings (SSSR count). The Balaban J connectivity index is 1.51. The van der Waals surface area contributed by atoms with Gasteiger partial charge in [0.05, 0.1) is 12.0 Å². The number of benzene rings is 1. The average molecular weight is 463 g/mol. The Labute approximate surface area is 178 Å². The summed E-state index contributed by atoms with van der Waals surface area (Å²) in [7, 11) is 0. The summed E-state index contributed by atoms with van der Waals surface area (Å²) in [4.78, 5) is 31.4. The van der Waals surface area contributed by atoms with E-state index < -0.39 is 0 Å². The lowest BCUT2D eigenvalue weighted by Gasteiger charge is -2.35. The topological polar surface area (TPSA) is 74.3 Å². The van der Waals surface area contributed by atoms with Gasteiger partial charge in [0, 0.05) is 23.8 Å². The molecule has 0 saturated carbocycles. The van der Waals surface area contributed by atoms with Crippen LogP contribution in [0.5, 0.6) is 0 Å². The van der Waals surface area contributed by atoms with Gasteiger partial charge in [0.15, 0.2) is 0 Å². The van der Waals surface area contributed by atoms with Crippen LogP contribution >= 0.6 is 15.9 Å². The summed E-state index contributed by atoms with van der Waals surface area (Å²) < 4.78 is 13.8. The summed E-state index contributed by atoms with van der Waals surface area (Å²) in [5.74, 6) is -0.167. The van der Waals surface area contributed by atoms with Crippen molar-refractivity contribution in [1.29, 1.82) is 0 Å². The van der Waals surface area contributed by atoms with Crippen molar-refractivity contribution in [2.75, 3.05) is 18.4 Å². The third kappa shape index (κ3) is 6.08. The van der Waals surface area contributed by atoms with Crippen molar-refractivity contribution in [3.8, 4) is 0 Å². The van der Waals surface area contributed by atoms with Crippen LogP contribution in [-0.2, 0) is 16.1 Å². The number of pyridine rings is 1. The van der Waals surface area contributed by atoms with Gasteiger partial charge in [-0.05, 0) is 72.1 Å². The second kappa shape index (κ2) is 9.93. The maximum absolute atomic E-state index is 13.0. The SMILES string of the molecule is CC(C(=O)NCc1ccc(F)cc1)N1CCCC(C(=O)Nc2ccc(Br)cn2)C1. The first-order valence-electron chi connectivity index (χ1n) is 9.61. The number of carbonyl (C=O) groups is 2. The fourth-order valence-corrected chi connectivity index (χ4v) is 3.59. The van der Waals surface area contributed by atoms with Crippen LogP contribution in [-0.4, -0.2) is 40.8 Å². The van der Waals surface area contributed by atoms with Gasteiger partial charge < -0.3 is 10.6 Å². The normalized spacial score (nSPS) is 18.1. The summed E-state index contributed by atoms with van der Waals surface area (Å²) in [6, 6.07) is 9.27. The number of nitrogens with one attached hydrogen (secondary N) is 2. The molecule has 29 heavy (non-hydrogen) atoms. The number of piperidine rings is 1. The molecule has 0 spiro atoms. The van der Waals surface area contributed by atoms with Crippen molar-refractivity contribution in [3.63, 3.8) is 0 Å². The number of halogens is 2. The highest BCUT2D eigenvalue weighted by molar-refractivity contribution is 9.10. The molecule has 6 nitrogen and oxygen atoms in total. The second-order valence-electron chi connectivity index (χ2n) is 7.21. The zero-order valence-corrected chi connectivity index (χ0v) is 17.8. The maximum atomic E-state index is 13.0. The minimum atomic E-state index is -0.350.